The summed E-state index contributed by atoms with van der Waals surface area (Å²) in [6.45, 7) is 7.89. The molecule has 0 radical (unpaired) electrons. The monoisotopic (exact) mass is 265 g/mol. The van der Waals surface area contributed by atoms with E-state index in [1.807, 2.05) is 16.8 Å². The minimum absolute atomic E-state index is 0.239. The van der Waals surface area contributed by atoms with Gasteiger partial charge in [-0.15, -0.1) is 11.3 Å². The van der Waals surface area contributed by atoms with E-state index in [0.29, 0.717) is 6.04 Å². The Morgan fingerprint density at radius 1 is 1.44 bits per heavy atom. The molecule has 3 nitrogen and oxygen atoms in total. The van der Waals surface area contributed by atoms with Gasteiger partial charge >= 0.3 is 0 Å². The number of rotatable bonds is 3. The summed E-state index contributed by atoms with van der Waals surface area (Å²) in [5.41, 5.74) is 9.84. The molecule has 0 aromatic carbocycles. The molecule has 1 aliphatic heterocycles. The van der Waals surface area contributed by atoms with Crippen molar-refractivity contribution in [3.63, 3.8) is 0 Å². The van der Waals surface area contributed by atoms with Gasteiger partial charge in [0, 0.05) is 36.5 Å². The largest absolute Gasteiger partial charge is 0.327 e. The van der Waals surface area contributed by atoms with Gasteiger partial charge in [-0.25, -0.2) is 4.98 Å². The molecule has 0 amide bonds. The Bertz CT molecular complexity index is 422. The van der Waals surface area contributed by atoms with Gasteiger partial charge < -0.3 is 5.73 Å². The van der Waals surface area contributed by atoms with E-state index in [0.717, 1.165) is 32.0 Å². The molecule has 2 N–H and O–H groups in total. The van der Waals surface area contributed by atoms with Crippen LogP contribution in [0.4, 0.5) is 0 Å². The highest BCUT2D eigenvalue weighted by molar-refractivity contribution is 7.09. The molecular weight excluding hydrogens is 242 g/mol. The predicted octanol–water partition coefficient (Wildman–Crippen LogP) is 2.58. The predicted molar refractivity (Wildman–Crippen MR) is 75.7 cm³/mol. The number of nitrogens with two attached hydrogens (primary N) is 1. The summed E-state index contributed by atoms with van der Waals surface area (Å²) in [4.78, 5) is 8.61. The molecule has 18 heavy (non-hydrogen) atoms. The number of likely N-dealkylation sites (tertiary alicyclic amines) is 1. The highest BCUT2D eigenvalue weighted by atomic mass is 32.1. The highest BCUT2D eigenvalue weighted by Crippen LogP contribution is 2.42. The normalized spacial score (nSPS) is 28.5. The lowest BCUT2D eigenvalue weighted by atomic mass is 9.80. The van der Waals surface area contributed by atoms with E-state index in [2.05, 4.69) is 23.7 Å². The molecule has 4 heteroatoms. The van der Waals surface area contributed by atoms with E-state index in [-0.39, 0.29) is 5.41 Å². The van der Waals surface area contributed by atoms with Gasteiger partial charge in [0.15, 0.2) is 0 Å². The fourth-order valence-corrected chi connectivity index (χ4v) is 3.80. The van der Waals surface area contributed by atoms with Gasteiger partial charge in [0.2, 0.25) is 0 Å². The minimum Gasteiger partial charge on any atom is -0.327 e. The van der Waals surface area contributed by atoms with Crippen LogP contribution in [0.25, 0.3) is 0 Å². The first-order valence-electron chi connectivity index (χ1n) is 6.96. The summed E-state index contributed by atoms with van der Waals surface area (Å²) in [7, 11) is 0. The third kappa shape index (κ3) is 2.46. The summed E-state index contributed by atoms with van der Waals surface area (Å²) in [6, 6.07) is 0.345. The average Bonchev–Trinajstić information content (AvgIpc) is 3.05. The molecule has 3 rings (SSSR count). The summed E-state index contributed by atoms with van der Waals surface area (Å²) < 4.78 is 0. The molecule has 100 valence electrons. The van der Waals surface area contributed by atoms with Crippen molar-refractivity contribution in [3.8, 4) is 0 Å². The lowest BCUT2D eigenvalue weighted by Crippen LogP contribution is -2.52. The average molecular weight is 265 g/mol. The number of piperidine rings is 1. The topological polar surface area (TPSA) is 42.2 Å². The maximum Gasteiger partial charge on any atom is 0.0798 e. The fourth-order valence-electron chi connectivity index (χ4n) is 2.91. The van der Waals surface area contributed by atoms with Crippen LogP contribution in [0, 0.1) is 5.41 Å². The van der Waals surface area contributed by atoms with Gasteiger partial charge in [0.1, 0.15) is 0 Å². The molecule has 2 aliphatic rings. The standard InChI is InChI=1S/C14H23N3S/c1-14(2)8-17(6-5-12(14)15)7-11-13(10-3-4-10)16-9-18-11/h9-10,12H,3-8,15H2,1-2H3. The minimum atomic E-state index is 0.239. The van der Waals surface area contributed by atoms with Crippen molar-refractivity contribution in [1.82, 2.24) is 9.88 Å². The highest BCUT2D eigenvalue weighted by Gasteiger charge is 2.34. The van der Waals surface area contributed by atoms with E-state index in [9.17, 15) is 0 Å². The van der Waals surface area contributed by atoms with Crippen LogP contribution >= 0.6 is 11.3 Å². The van der Waals surface area contributed by atoms with Gasteiger partial charge in [-0.05, 0) is 24.7 Å². The summed E-state index contributed by atoms with van der Waals surface area (Å²) in [6.07, 6.45) is 3.80. The quantitative estimate of drug-likeness (QED) is 0.913. The third-order valence-electron chi connectivity index (χ3n) is 4.39. The Morgan fingerprint density at radius 2 is 2.22 bits per heavy atom. The van der Waals surface area contributed by atoms with Crippen LogP contribution in [-0.2, 0) is 6.54 Å². The first-order valence-corrected chi connectivity index (χ1v) is 7.84. The Morgan fingerprint density at radius 3 is 2.89 bits per heavy atom. The second kappa shape index (κ2) is 4.58. The summed E-state index contributed by atoms with van der Waals surface area (Å²) in [5, 5.41) is 0. The van der Waals surface area contributed by atoms with Gasteiger partial charge in [-0.1, -0.05) is 13.8 Å². The van der Waals surface area contributed by atoms with Gasteiger partial charge in [0.25, 0.3) is 0 Å². The number of aromatic nitrogens is 1. The number of hydrogen-bond acceptors (Lipinski definition) is 4. The number of thiazole rings is 1. The summed E-state index contributed by atoms with van der Waals surface area (Å²) in [5.74, 6) is 0.770. The maximum atomic E-state index is 6.20. The van der Waals surface area contributed by atoms with Crippen molar-refractivity contribution in [1.29, 1.82) is 0 Å². The van der Waals surface area contributed by atoms with E-state index < -0.39 is 0 Å². The van der Waals surface area contributed by atoms with Crippen LogP contribution in [0.2, 0.25) is 0 Å². The molecular formula is C14H23N3S. The molecule has 2 heterocycles. The Labute approximate surface area is 113 Å². The molecule has 0 spiro atoms. The molecule has 1 aromatic heterocycles. The Balaban J connectivity index is 1.67. The molecule has 1 aliphatic carbocycles. The lowest BCUT2D eigenvalue weighted by Gasteiger charge is -2.42. The summed E-state index contributed by atoms with van der Waals surface area (Å²) >= 11 is 1.83. The van der Waals surface area contributed by atoms with Crippen molar-refractivity contribution < 1.29 is 0 Å². The zero-order valence-corrected chi connectivity index (χ0v) is 12.2. The first-order chi connectivity index (χ1) is 8.56. The van der Waals surface area contributed by atoms with Crippen molar-refractivity contribution in [2.24, 2.45) is 11.1 Å². The van der Waals surface area contributed by atoms with Crippen molar-refractivity contribution in [2.45, 2.75) is 51.6 Å². The zero-order chi connectivity index (χ0) is 12.8. The maximum absolute atomic E-state index is 6.20. The molecule has 1 saturated carbocycles. The zero-order valence-electron chi connectivity index (χ0n) is 11.4. The van der Waals surface area contributed by atoms with E-state index in [4.69, 9.17) is 5.73 Å². The van der Waals surface area contributed by atoms with Crippen molar-refractivity contribution in [3.05, 3.63) is 16.1 Å². The second-order valence-electron chi connectivity index (χ2n) is 6.53. The van der Waals surface area contributed by atoms with Gasteiger partial charge in [-0.3, -0.25) is 4.90 Å². The van der Waals surface area contributed by atoms with Crippen LogP contribution in [0.15, 0.2) is 5.51 Å². The molecule has 0 bridgehead atoms. The van der Waals surface area contributed by atoms with Crippen LogP contribution in [0.1, 0.15) is 49.6 Å². The fraction of sp³-hybridized carbons (Fsp3) is 0.786. The Hall–Kier alpha value is -0.450. The molecule has 1 atom stereocenters. The lowest BCUT2D eigenvalue weighted by molar-refractivity contribution is 0.0904. The number of nitrogens with zero attached hydrogens (tertiary/aromatic N) is 2. The van der Waals surface area contributed by atoms with Crippen LogP contribution < -0.4 is 5.73 Å². The van der Waals surface area contributed by atoms with Crippen LogP contribution in [0.5, 0.6) is 0 Å². The van der Waals surface area contributed by atoms with Gasteiger partial charge in [-0.2, -0.15) is 0 Å². The third-order valence-corrected chi connectivity index (χ3v) is 5.23. The second-order valence-corrected chi connectivity index (χ2v) is 7.47. The van der Waals surface area contributed by atoms with E-state index in [1.54, 1.807) is 0 Å². The van der Waals surface area contributed by atoms with Gasteiger partial charge in [0.05, 0.1) is 11.2 Å². The van der Waals surface area contributed by atoms with E-state index in [1.165, 1.54) is 23.4 Å². The smallest absolute Gasteiger partial charge is 0.0798 e. The van der Waals surface area contributed by atoms with Crippen molar-refractivity contribution in [2.75, 3.05) is 13.1 Å². The molecule has 1 aromatic rings. The molecule has 1 unspecified atom stereocenters. The van der Waals surface area contributed by atoms with Crippen LogP contribution in [-0.4, -0.2) is 29.0 Å². The Kier molecular flexibility index (Phi) is 3.20. The van der Waals surface area contributed by atoms with Crippen LogP contribution in [0.3, 0.4) is 0 Å². The molecule has 2 fully saturated rings. The number of hydrogen-bond donors (Lipinski definition) is 1. The SMILES string of the molecule is CC1(C)CN(Cc2scnc2C2CC2)CCC1N. The van der Waals surface area contributed by atoms with E-state index >= 15 is 0 Å². The molecule has 1 saturated heterocycles. The first kappa shape index (κ1) is 12.6. The van der Waals surface area contributed by atoms with Crippen molar-refractivity contribution >= 4 is 11.3 Å².